The second-order valence-corrected chi connectivity index (χ2v) is 10.1. The van der Waals surface area contributed by atoms with E-state index < -0.39 is 42.0 Å². The van der Waals surface area contributed by atoms with Crippen molar-refractivity contribution in [1.82, 2.24) is 20.4 Å². The summed E-state index contributed by atoms with van der Waals surface area (Å²) in [5.74, 6) is -2.02. The minimum Gasteiger partial charge on any atom is -0.491 e. The number of hydrogen-bond acceptors (Lipinski definition) is 6. The summed E-state index contributed by atoms with van der Waals surface area (Å²) in [6.45, 7) is 4.32. The van der Waals surface area contributed by atoms with Gasteiger partial charge in [0.05, 0.1) is 25.1 Å². The highest BCUT2D eigenvalue weighted by Crippen LogP contribution is 2.19. The normalized spacial score (nSPS) is 18.6. The molecular weight excluding hydrogens is 519 g/mol. The largest absolute Gasteiger partial charge is 0.491 e. The summed E-state index contributed by atoms with van der Waals surface area (Å²) < 4.78 is 25.1. The molecular formula is C29H37FN4O6. The number of amides is 4. The third-order valence-electron chi connectivity index (χ3n) is 6.42. The number of halogens is 1. The Balaban J connectivity index is 1.82. The predicted molar refractivity (Wildman–Crippen MR) is 146 cm³/mol. The average Bonchev–Trinajstić information content (AvgIpc) is 2.91. The van der Waals surface area contributed by atoms with Crippen molar-refractivity contribution in [2.24, 2.45) is 5.92 Å². The summed E-state index contributed by atoms with van der Waals surface area (Å²) in [5.41, 5.74) is 0.190. The van der Waals surface area contributed by atoms with Gasteiger partial charge in [0.15, 0.2) is 11.6 Å². The number of likely N-dealkylation sites (N-methyl/N-ethyl adjacent to an activating group) is 2. The smallest absolute Gasteiger partial charge is 0.255 e. The van der Waals surface area contributed by atoms with E-state index in [9.17, 15) is 23.6 Å². The standard InChI is InChI=1S/C29H37FN4O6/c1-19(2)17-22-28(37)33(3)13-15-39-24-11-7-5-9-20(24)27(36)32-23(18-26(35)31-22)29(38)34(4)14-16-40-25-12-8-6-10-21(25)30/h5-12,19,22-23H,13-18H2,1-4H3,(H,31,35)(H,32,36)/t22-,23+/m1/s1. The van der Waals surface area contributed by atoms with Crippen LogP contribution in [0.5, 0.6) is 11.5 Å². The number of benzene rings is 2. The highest BCUT2D eigenvalue weighted by atomic mass is 19.1. The van der Waals surface area contributed by atoms with Crippen LogP contribution >= 0.6 is 0 Å². The molecule has 2 aromatic carbocycles. The lowest BCUT2D eigenvalue weighted by Crippen LogP contribution is -2.53. The van der Waals surface area contributed by atoms with Crippen LogP contribution in [0.1, 0.15) is 37.0 Å². The maximum atomic E-state index is 13.9. The van der Waals surface area contributed by atoms with Crippen molar-refractivity contribution in [3.63, 3.8) is 0 Å². The summed E-state index contributed by atoms with van der Waals surface area (Å²) in [5, 5.41) is 5.42. The molecule has 2 aromatic rings. The molecule has 0 fully saturated rings. The van der Waals surface area contributed by atoms with Crippen molar-refractivity contribution in [1.29, 1.82) is 0 Å². The summed E-state index contributed by atoms with van der Waals surface area (Å²) in [6.07, 6.45) is 0.00849. The molecule has 2 atom stereocenters. The number of carbonyl (C=O) groups excluding carboxylic acids is 4. The van der Waals surface area contributed by atoms with E-state index in [1.54, 1.807) is 43.4 Å². The highest BCUT2D eigenvalue weighted by Gasteiger charge is 2.31. The molecule has 0 aromatic heterocycles. The van der Waals surface area contributed by atoms with Gasteiger partial charge in [0.25, 0.3) is 5.91 Å². The van der Waals surface area contributed by atoms with Gasteiger partial charge in [-0.25, -0.2) is 4.39 Å². The molecule has 0 bridgehead atoms. The van der Waals surface area contributed by atoms with E-state index in [1.165, 1.54) is 29.0 Å². The topological polar surface area (TPSA) is 117 Å². The van der Waals surface area contributed by atoms with Gasteiger partial charge < -0.3 is 29.9 Å². The minimum atomic E-state index is -1.24. The zero-order chi connectivity index (χ0) is 29.2. The van der Waals surface area contributed by atoms with Crippen LogP contribution < -0.4 is 20.1 Å². The van der Waals surface area contributed by atoms with Crippen LogP contribution in [0, 0.1) is 11.7 Å². The Morgan fingerprint density at radius 2 is 1.82 bits per heavy atom. The molecule has 0 aliphatic carbocycles. The van der Waals surface area contributed by atoms with Crippen molar-refractivity contribution in [2.45, 2.75) is 38.8 Å². The lowest BCUT2D eigenvalue weighted by molar-refractivity contribution is -0.137. The number of para-hydroxylation sites is 2. The summed E-state index contributed by atoms with van der Waals surface area (Å²) in [6, 6.07) is 10.4. The lowest BCUT2D eigenvalue weighted by atomic mass is 10.0. The number of fused-ring (bicyclic) bond motifs is 1. The van der Waals surface area contributed by atoms with E-state index >= 15 is 0 Å². The van der Waals surface area contributed by atoms with Gasteiger partial charge in [-0.1, -0.05) is 38.1 Å². The van der Waals surface area contributed by atoms with Crippen molar-refractivity contribution in [3.8, 4) is 11.5 Å². The number of ether oxygens (including phenoxy) is 2. The second-order valence-electron chi connectivity index (χ2n) is 10.1. The van der Waals surface area contributed by atoms with Crippen LogP contribution in [0.25, 0.3) is 0 Å². The molecule has 11 heteroatoms. The van der Waals surface area contributed by atoms with E-state index in [1.807, 2.05) is 13.8 Å². The van der Waals surface area contributed by atoms with Gasteiger partial charge in [0.2, 0.25) is 17.7 Å². The van der Waals surface area contributed by atoms with E-state index in [-0.39, 0.29) is 49.4 Å². The van der Waals surface area contributed by atoms with Crippen molar-refractivity contribution < 1.29 is 33.0 Å². The van der Waals surface area contributed by atoms with E-state index in [0.29, 0.717) is 12.2 Å². The number of nitrogens with one attached hydrogen (secondary N) is 2. The molecule has 3 rings (SSSR count). The Hall–Kier alpha value is -4.15. The predicted octanol–water partition coefficient (Wildman–Crippen LogP) is 2.23. The highest BCUT2D eigenvalue weighted by molar-refractivity contribution is 6.01. The van der Waals surface area contributed by atoms with Gasteiger partial charge in [0, 0.05) is 14.1 Å². The van der Waals surface area contributed by atoms with Crippen molar-refractivity contribution >= 4 is 23.6 Å². The zero-order valence-electron chi connectivity index (χ0n) is 23.3. The van der Waals surface area contributed by atoms with E-state index in [2.05, 4.69) is 10.6 Å². The maximum absolute atomic E-state index is 13.9. The van der Waals surface area contributed by atoms with Gasteiger partial charge >= 0.3 is 0 Å². The van der Waals surface area contributed by atoms with E-state index in [0.717, 1.165) is 0 Å². The van der Waals surface area contributed by atoms with Crippen molar-refractivity contribution in [2.75, 3.05) is 40.4 Å². The number of hydrogen-bond donors (Lipinski definition) is 2. The van der Waals surface area contributed by atoms with Gasteiger partial charge in [0.1, 0.15) is 31.0 Å². The first-order chi connectivity index (χ1) is 19.1. The third-order valence-corrected chi connectivity index (χ3v) is 6.42. The molecule has 10 nitrogen and oxygen atoms in total. The molecule has 0 saturated carbocycles. The average molecular weight is 557 g/mol. The van der Waals surface area contributed by atoms with Crippen LogP contribution in [-0.2, 0) is 14.4 Å². The van der Waals surface area contributed by atoms with Crippen molar-refractivity contribution in [3.05, 3.63) is 59.9 Å². The number of rotatable bonds is 7. The fraction of sp³-hybridized carbons (Fsp3) is 0.448. The Bertz CT molecular complexity index is 1210. The van der Waals surface area contributed by atoms with Crippen LogP contribution in [0.3, 0.4) is 0 Å². The monoisotopic (exact) mass is 556 g/mol. The Morgan fingerprint density at radius 1 is 1.12 bits per heavy atom. The first-order valence-electron chi connectivity index (χ1n) is 13.3. The number of carbonyl (C=O) groups is 4. The Labute approximate surface area is 233 Å². The second kappa shape index (κ2) is 14.3. The van der Waals surface area contributed by atoms with Gasteiger partial charge in [-0.05, 0) is 36.6 Å². The molecule has 0 unspecified atom stereocenters. The maximum Gasteiger partial charge on any atom is 0.255 e. The molecule has 0 saturated heterocycles. The fourth-order valence-corrected chi connectivity index (χ4v) is 4.25. The summed E-state index contributed by atoms with van der Waals surface area (Å²) in [4.78, 5) is 55.7. The first-order valence-corrected chi connectivity index (χ1v) is 13.3. The molecule has 4 amide bonds. The van der Waals surface area contributed by atoms with Crippen LogP contribution in [0.4, 0.5) is 4.39 Å². The molecule has 0 spiro atoms. The van der Waals surface area contributed by atoms with Crippen LogP contribution in [0.2, 0.25) is 0 Å². The Kier molecular flexibility index (Phi) is 10.9. The quantitative estimate of drug-likeness (QED) is 0.540. The summed E-state index contributed by atoms with van der Waals surface area (Å²) >= 11 is 0. The third kappa shape index (κ3) is 8.42. The SMILES string of the molecule is CC(C)C[C@H]1NC(=O)C[C@@H](C(=O)N(C)CCOc2ccccc2F)NC(=O)c2ccccc2OCCN(C)C1=O. The van der Waals surface area contributed by atoms with Gasteiger partial charge in [-0.2, -0.15) is 0 Å². The fourth-order valence-electron chi connectivity index (χ4n) is 4.25. The minimum absolute atomic E-state index is 0.00991. The lowest BCUT2D eigenvalue weighted by Gasteiger charge is -2.28. The van der Waals surface area contributed by atoms with Crippen LogP contribution in [0.15, 0.2) is 48.5 Å². The summed E-state index contributed by atoms with van der Waals surface area (Å²) in [7, 11) is 3.12. The molecule has 40 heavy (non-hydrogen) atoms. The molecule has 1 heterocycles. The molecule has 216 valence electrons. The van der Waals surface area contributed by atoms with Gasteiger partial charge in [-0.3, -0.25) is 19.2 Å². The Morgan fingerprint density at radius 3 is 2.55 bits per heavy atom. The molecule has 0 radical (unpaired) electrons. The van der Waals surface area contributed by atoms with Crippen LogP contribution in [-0.4, -0.2) is 85.9 Å². The first kappa shape index (κ1) is 30.4. The molecule has 1 aliphatic rings. The van der Waals surface area contributed by atoms with Gasteiger partial charge in [-0.15, -0.1) is 0 Å². The molecule has 1 aliphatic heterocycles. The number of nitrogens with zero attached hydrogens (tertiary/aromatic N) is 2. The zero-order valence-corrected chi connectivity index (χ0v) is 23.3. The van der Waals surface area contributed by atoms with E-state index in [4.69, 9.17) is 9.47 Å². The molecule has 2 N–H and O–H groups in total.